The number of nitrogens with two attached hydrogens (primary N) is 2. The highest BCUT2D eigenvalue weighted by Gasteiger charge is 2.01. The lowest BCUT2D eigenvalue weighted by atomic mass is 10.1. The Morgan fingerprint density at radius 1 is 1.25 bits per heavy atom. The van der Waals surface area contributed by atoms with Crippen LogP contribution in [0.4, 0.5) is 0 Å². The van der Waals surface area contributed by atoms with Crippen LogP contribution in [0.1, 0.15) is 44.1 Å². The summed E-state index contributed by atoms with van der Waals surface area (Å²) in [5.74, 6) is 5.92. The van der Waals surface area contributed by atoms with Crippen molar-refractivity contribution in [1.82, 2.24) is 9.99 Å². The molecular weight excluding hydrogens is 328 g/mol. The van der Waals surface area contributed by atoms with Crippen molar-refractivity contribution in [3.8, 4) is 0 Å². The molecule has 4 N–H and O–H groups in total. The molecule has 24 heavy (non-hydrogen) atoms. The number of nitrogens with zero attached hydrogens (tertiary/aromatic N) is 2. The minimum absolute atomic E-state index is 0.272. The van der Waals surface area contributed by atoms with Gasteiger partial charge in [0, 0.05) is 30.7 Å². The number of pyridine rings is 1. The van der Waals surface area contributed by atoms with Gasteiger partial charge in [0.2, 0.25) is 0 Å². The van der Waals surface area contributed by atoms with Crippen molar-refractivity contribution in [1.29, 1.82) is 0 Å². The summed E-state index contributed by atoms with van der Waals surface area (Å²) in [4.78, 5) is 4.02. The molecule has 1 rings (SSSR count). The van der Waals surface area contributed by atoms with Crippen LogP contribution < -0.4 is 11.6 Å². The molecule has 0 saturated carbocycles. The average Bonchev–Trinajstić information content (AvgIpc) is 2.53. The molecule has 136 valence electrons. The normalized spacial score (nSPS) is 12.3. The summed E-state index contributed by atoms with van der Waals surface area (Å²) >= 11 is 0. The first-order valence-corrected chi connectivity index (χ1v) is 9.93. The second-order valence-electron chi connectivity index (χ2n) is 5.71. The molecule has 1 heterocycles. The van der Waals surface area contributed by atoms with E-state index in [1.54, 1.807) is 23.6 Å². The topological polar surface area (TPSA) is 112 Å². The highest BCUT2D eigenvalue weighted by Crippen LogP contribution is 2.09. The molecule has 0 amide bonds. The highest BCUT2D eigenvalue weighted by atomic mass is 32.2. The molecule has 0 saturated heterocycles. The van der Waals surface area contributed by atoms with Crippen molar-refractivity contribution in [3.63, 3.8) is 0 Å². The van der Waals surface area contributed by atoms with Gasteiger partial charge in [0.1, 0.15) is 0 Å². The zero-order valence-electron chi connectivity index (χ0n) is 14.2. The molecule has 1 aromatic heterocycles. The van der Waals surface area contributed by atoms with Gasteiger partial charge >= 0.3 is 0 Å². The monoisotopic (exact) mass is 356 g/mol. The fourth-order valence-electron chi connectivity index (χ4n) is 2.17. The lowest BCUT2D eigenvalue weighted by Crippen LogP contribution is -2.27. The lowest BCUT2D eigenvalue weighted by Gasteiger charge is -2.14. The zero-order valence-corrected chi connectivity index (χ0v) is 15.0. The first-order valence-electron chi connectivity index (χ1n) is 8.12. The Kier molecular flexibility index (Phi) is 9.36. The van der Waals surface area contributed by atoms with Crippen molar-refractivity contribution in [3.05, 3.63) is 36.3 Å². The van der Waals surface area contributed by atoms with Gasteiger partial charge in [-0.3, -0.25) is 9.17 Å². The first kappa shape index (κ1) is 20.4. The second-order valence-corrected chi connectivity index (χ2v) is 7.36. The van der Waals surface area contributed by atoms with E-state index in [0.29, 0.717) is 5.70 Å². The van der Waals surface area contributed by atoms with Crippen molar-refractivity contribution in [2.45, 2.75) is 38.5 Å². The van der Waals surface area contributed by atoms with Crippen LogP contribution in [-0.2, 0) is 14.3 Å². The summed E-state index contributed by atoms with van der Waals surface area (Å²) in [6, 6.07) is 3.72. The third-order valence-corrected chi connectivity index (χ3v) is 4.00. The number of aromatic nitrogens is 1. The molecule has 0 bridgehead atoms. The van der Waals surface area contributed by atoms with Crippen molar-refractivity contribution in [2.24, 2.45) is 11.6 Å². The maximum absolute atomic E-state index is 10.8. The Balaban J connectivity index is 2.06. The largest absolute Gasteiger partial charge is 0.397 e. The summed E-state index contributed by atoms with van der Waals surface area (Å²) in [6.07, 6.45) is 12.1. The van der Waals surface area contributed by atoms with Gasteiger partial charge in [0.15, 0.2) is 0 Å². The molecule has 0 aliphatic rings. The Bertz CT molecular complexity index is 591. The lowest BCUT2D eigenvalue weighted by molar-refractivity contribution is 0.309. The Morgan fingerprint density at radius 3 is 2.54 bits per heavy atom. The van der Waals surface area contributed by atoms with Crippen LogP contribution in [0.3, 0.4) is 0 Å². The van der Waals surface area contributed by atoms with E-state index in [1.165, 1.54) is 0 Å². The van der Waals surface area contributed by atoms with E-state index in [-0.39, 0.29) is 6.61 Å². The predicted molar refractivity (Wildman–Crippen MR) is 95.8 cm³/mol. The van der Waals surface area contributed by atoms with Crippen LogP contribution in [0.15, 0.2) is 30.7 Å². The number of hydrazine groups is 1. The van der Waals surface area contributed by atoms with Crippen LogP contribution in [0.5, 0.6) is 0 Å². The van der Waals surface area contributed by atoms with E-state index in [1.807, 2.05) is 12.1 Å². The van der Waals surface area contributed by atoms with Crippen molar-refractivity contribution in [2.75, 3.05) is 19.4 Å². The summed E-state index contributed by atoms with van der Waals surface area (Å²) in [7, 11) is -3.30. The molecule has 0 aromatic carbocycles. The Hall–Kier alpha value is -1.64. The minimum atomic E-state index is -3.30. The number of hydrogen-bond donors (Lipinski definition) is 2. The maximum Gasteiger partial charge on any atom is 0.264 e. The molecule has 0 atom stereocenters. The van der Waals surface area contributed by atoms with Gasteiger partial charge in [-0.05, 0) is 25.0 Å². The van der Waals surface area contributed by atoms with E-state index < -0.39 is 10.1 Å². The molecule has 0 radical (unpaired) electrons. The van der Waals surface area contributed by atoms with Crippen LogP contribution in [0, 0.1) is 0 Å². The number of unbranched alkanes of at least 4 members (excludes halogenated alkanes) is 5. The van der Waals surface area contributed by atoms with Gasteiger partial charge < -0.3 is 10.7 Å². The van der Waals surface area contributed by atoms with Gasteiger partial charge in [-0.2, -0.15) is 8.42 Å². The van der Waals surface area contributed by atoms with Gasteiger partial charge in [-0.1, -0.05) is 25.7 Å². The van der Waals surface area contributed by atoms with E-state index in [2.05, 4.69) is 9.17 Å². The average molecular weight is 356 g/mol. The van der Waals surface area contributed by atoms with Crippen LogP contribution in [-0.4, -0.2) is 37.8 Å². The SMILES string of the molecule is CS(=O)(=O)OCCCCCCCCN(N)/C=C(\N)c1cccnc1. The number of rotatable bonds is 12. The van der Waals surface area contributed by atoms with Gasteiger partial charge in [-0.15, -0.1) is 0 Å². The molecule has 0 aliphatic heterocycles. The molecule has 1 aromatic rings. The maximum atomic E-state index is 10.8. The minimum Gasteiger partial charge on any atom is -0.397 e. The fourth-order valence-corrected chi connectivity index (χ4v) is 2.59. The van der Waals surface area contributed by atoms with E-state index >= 15 is 0 Å². The van der Waals surface area contributed by atoms with E-state index in [9.17, 15) is 8.42 Å². The summed E-state index contributed by atoms with van der Waals surface area (Å²) in [5, 5.41) is 1.60. The smallest absolute Gasteiger partial charge is 0.264 e. The zero-order chi connectivity index (χ0) is 17.8. The van der Waals surface area contributed by atoms with Crippen LogP contribution in [0.2, 0.25) is 0 Å². The standard InChI is InChI=1S/C16H28N4O3S/c1-24(21,22)23-12-7-5-3-2-4-6-11-20(18)14-16(17)15-9-8-10-19-13-15/h8-10,13-14H,2-7,11-12,17-18H2,1H3/b16-14-. The van der Waals surface area contributed by atoms with E-state index in [0.717, 1.165) is 56.9 Å². The van der Waals surface area contributed by atoms with E-state index in [4.69, 9.17) is 11.6 Å². The summed E-state index contributed by atoms with van der Waals surface area (Å²) < 4.78 is 26.2. The van der Waals surface area contributed by atoms with Gasteiger partial charge in [0.25, 0.3) is 10.1 Å². The summed E-state index contributed by atoms with van der Waals surface area (Å²) in [5.41, 5.74) is 7.41. The predicted octanol–water partition coefficient (Wildman–Crippen LogP) is 1.83. The molecule has 0 fully saturated rings. The fraction of sp³-hybridized carbons (Fsp3) is 0.562. The second kappa shape index (κ2) is 11.0. The van der Waals surface area contributed by atoms with Crippen LogP contribution >= 0.6 is 0 Å². The highest BCUT2D eigenvalue weighted by molar-refractivity contribution is 7.85. The molecule has 0 spiro atoms. The Labute approximate surface area is 144 Å². The molecule has 7 nitrogen and oxygen atoms in total. The molecule has 0 aliphatic carbocycles. The van der Waals surface area contributed by atoms with Crippen molar-refractivity contribution >= 4 is 15.8 Å². The summed E-state index contributed by atoms with van der Waals surface area (Å²) in [6.45, 7) is 1.01. The molecule has 8 heteroatoms. The van der Waals surface area contributed by atoms with Crippen LogP contribution in [0.25, 0.3) is 5.70 Å². The van der Waals surface area contributed by atoms with Gasteiger partial charge in [-0.25, -0.2) is 5.84 Å². The van der Waals surface area contributed by atoms with Crippen molar-refractivity contribution < 1.29 is 12.6 Å². The molecular formula is C16H28N4O3S. The third-order valence-electron chi connectivity index (χ3n) is 3.41. The molecule has 0 unspecified atom stereocenters. The Morgan fingerprint density at radius 2 is 1.92 bits per heavy atom. The first-order chi connectivity index (χ1) is 11.4. The van der Waals surface area contributed by atoms with Gasteiger partial charge in [0.05, 0.1) is 18.6 Å². The number of hydrogen-bond acceptors (Lipinski definition) is 7. The third kappa shape index (κ3) is 10.2. The quantitative estimate of drug-likeness (QED) is 0.254.